The molecule has 0 bridgehead atoms. The molecule has 2 aromatic carbocycles. The van der Waals surface area contributed by atoms with Crippen molar-refractivity contribution in [3.8, 4) is 0 Å². The summed E-state index contributed by atoms with van der Waals surface area (Å²) in [5, 5.41) is 2.47. The molecule has 2 aromatic rings. The monoisotopic (exact) mass is 283 g/mol. The van der Waals surface area contributed by atoms with Crippen LogP contribution in [0, 0.1) is 0 Å². The average Bonchev–Trinajstić information content (AvgIpc) is 3.30. The van der Waals surface area contributed by atoms with Gasteiger partial charge in [-0.1, -0.05) is 42.5 Å². The van der Waals surface area contributed by atoms with Gasteiger partial charge >= 0.3 is 0 Å². The van der Waals surface area contributed by atoms with E-state index in [4.69, 9.17) is 9.47 Å². The van der Waals surface area contributed by atoms with E-state index in [2.05, 4.69) is 30.3 Å². The van der Waals surface area contributed by atoms with Crippen LogP contribution in [0.3, 0.4) is 0 Å². The number of ether oxygens (including phenoxy) is 2. The van der Waals surface area contributed by atoms with Crippen molar-refractivity contribution in [1.82, 2.24) is 4.90 Å². The van der Waals surface area contributed by atoms with Crippen LogP contribution in [0.5, 0.6) is 0 Å². The van der Waals surface area contributed by atoms with Crippen molar-refractivity contribution in [2.75, 3.05) is 19.7 Å². The molecule has 0 aromatic heterocycles. The maximum absolute atomic E-state index is 11.7. The molecular formula is C17H17NO3. The van der Waals surface area contributed by atoms with Crippen molar-refractivity contribution in [2.45, 2.75) is 18.8 Å². The largest absolute Gasteiger partial charge is 0.370 e. The first kappa shape index (κ1) is 12.8. The molecular weight excluding hydrogens is 266 g/mol. The molecule has 108 valence electrons. The second kappa shape index (κ2) is 5.13. The number of fused-ring (bicyclic) bond motifs is 1. The Hall–Kier alpha value is -1.91. The molecule has 2 saturated heterocycles. The number of nitrogens with zero attached hydrogens (tertiary/aromatic N) is 1. The van der Waals surface area contributed by atoms with Gasteiger partial charge in [0.2, 0.25) is 0 Å². The Kier molecular flexibility index (Phi) is 3.13. The summed E-state index contributed by atoms with van der Waals surface area (Å²) in [4.78, 5) is 13.5. The topological polar surface area (TPSA) is 42.1 Å². The van der Waals surface area contributed by atoms with E-state index in [1.807, 2.05) is 17.0 Å². The minimum Gasteiger partial charge on any atom is -0.370 e. The highest BCUT2D eigenvalue weighted by molar-refractivity contribution is 5.85. The van der Waals surface area contributed by atoms with Crippen molar-refractivity contribution >= 4 is 16.7 Å². The third-order valence-corrected chi connectivity index (χ3v) is 4.12. The van der Waals surface area contributed by atoms with Crippen molar-refractivity contribution in [3.05, 3.63) is 48.0 Å². The molecule has 4 rings (SSSR count). The van der Waals surface area contributed by atoms with Crippen molar-refractivity contribution < 1.29 is 14.3 Å². The van der Waals surface area contributed by atoms with E-state index in [0.29, 0.717) is 26.3 Å². The molecule has 2 aliphatic heterocycles. The SMILES string of the molecule is O=C(C1CO1)N1CC(OCc2cccc3ccccc23)C1. The molecule has 2 fully saturated rings. The maximum Gasteiger partial charge on any atom is 0.254 e. The number of hydrogen-bond acceptors (Lipinski definition) is 3. The Labute approximate surface area is 123 Å². The molecule has 4 heteroatoms. The minimum absolute atomic E-state index is 0.111. The van der Waals surface area contributed by atoms with E-state index < -0.39 is 0 Å². The smallest absolute Gasteiger partial charge is 0.254 e. The molecule has 21 heavy (non-hydrogen) atoms. The van der Waals surface area contributed by atoms with E-state index in [1.54, 1.807) is 0 Å². The quantitative estimate of drug-likeness (QED) is 0.806. The third kappa shape index (κ3) is 2.52. The first-order chi connectivity index (χ1) is 10.3. The van der Waals surface area contributed by atoms with Gasteiger partial charge in [-0.15, -0.1) is 0 Å². The van der Waals surface area contributed by atoms with Gasteiger partial charge in [0.1, 0.15) is 0 Å². The highest BCUT2D eigenvalue weighted by atomic mass is 16.6. The zero-order valence-electron chi connectivity index (χ0n) is 11.7. The zero-order valence-corrected chi connectivity index (χ0v) is 11.7. The normalized spacial score (nSPS) is 21.3. The van der Waals surface area contributed by atoms with E-state index >= 15 is 0 Å². The lowest BCUT2D eigenvalue weighted by molar-refractivity contribution is -0.147. The number of carbonyl (C=O) groups excluding carboxylic acids is 1. The van der Waals surface area contributed by atoms with Gasteiger partial charge in [-0.3, -0.25) is 4.79 Å². The lowest BCUT2D eigenvalue weighted by Gasteiger charge is -2.38. The molecule has 0 radical (unpaired) electrons. The molecule has 0 spiro atoms. The number of benzene rings is 2. The van der Waals surface area contributed by atoms with Gasteiger partial charge in [-0.25, -0.2) is 0 Å². The molecule has 1 amide bonds. The summed E-state index contributed by atoms with van der Waals surface area (Å²) in [5.41, 5.74) is 1.20. The summed E-state index contributed by atoms with van der Waals surface area (Å²) in [7, 11) is 0. The Balaban J connectivity index is 1.36. The average molecular weight is 283 g/mol. The van der Waals surface area contributed by atoms with Crippen LogP contribution in [-0.2, 0) is 20.9 Å². The lowest BCUT2D eigenvalue weighted by atomic mass is 10.1. The number of carbonyl (C=O) groups is 1. The van der Waals surface area contributed by atoms with E-state index in [1.165, 1.54) is 16.3 Å². The number of likely N-dealkylation sites (tertiary alicyclic amines) is 1. The molecule has 1 atom stereocenters. The Morgan fingerprint density at radius 1 is 1.19 bits per heavy atom. The van der Waals surface area contributed by atoms with Crippen LogP contribution in [0.15, 0.2) is 42.5 Å². The van der Waals surface area contributed by atoms with Crippen LogP contribution in [0.25, 0.3) is 10.8 Å². The minimum atomic E-state index is -0.177. The first-order valence-electron chi connectivity index (χ1n) is 7.30. The molecule has 2 aliphatic rings. The predicted octanol–water partition coefficient (Wildman–Crippen LogP) is 1.97. The van der Waals surface area contributed by atoms with E-state index in [-0.39, 0.29) is 18.1 Å². The van der Waals surface area contributed by atoms with Crippen molar-refractivity contribution in [3.63, 3.8) is 0 Å². The second-order valence-corrected chi connectivity index (χ2v) is 5.64. The fraction of sp³-hybridized carbons (Fsp3) is 0.353. The van der Waals surface area contributed by atoms with Gasteiger partial charge in [-0.2, -0.15) is 0 Å². The van der Waals surface area contributed by atoms with Gasteiger partial charge in [0.25, 0.3) is 5.91 Å². The lowest BCUT2D eigenvalue weighted by Crippen LogP contribution is -2.55. The second-order valence-electron chi connectivity index (χ2n) is 5.64. The first-order valence-corrected chi connectivity index (χ1v) is 7.30. The fourth-order valence-electron chi connectivity index (χ4n) is 2.74. The zero-order chi connectivity index (χ0) is 14.2. The summed E-state index contributed by atoms with van der Waals surface area (Å²) >= 11 is 0. The Bertz CT molecular complexity index is 669. The van der Waals surface area contributed by atoms with E-state index in [9.17, 15) is 4.79 Å². The van der Waals surface area contributed by atoms with Gasteiger partial charge in [0, 0.05) is 13.1 Å². The number of rotatable bonds is 4. The molecule has 1 unspecified atom stereocenters. The molecule has 2 heterocycles. The van der Waals surface area contributed by atoms with Crippen LogP contribution < -0.4 is 0 Å². The van der Waals surface area contributed by atoms with Crippen LogP contribution in [-0.4, -0.2) is 42.7 Å². The van der Waals surface area contributed by atoms with Crippen molar-refractivity contribution in [2.24, 2.45) is 0 Å². The summed E-state index contributed by atoms with van der Waals surface area (Å²) in [6, 6.07) is 14.6. The highest BCUT2D eigenvalue weighted by Gasteiger charge is 2.40. The summed E-state index contributed by atoms with van der Waals surface area (Å²) in [6.07, 6.45) is -0.0318. The fourth-order valence-corrected chi connectivity index (χ4v) is 2.74. The Morgan fingerprint density at radius 3 is 2.76 bits per heavy atom. The predicted molar refractivity (Wildman–Crippen MR) is 78.8 cm³/mol. The third-order valence-electron chi connectivity index (χ3n) is 4.12. The number of hydrogen-bond donors (Lipinski definition) is 0. The standard InChI is InChI=1S/C17H17NO3/c19-17(16-11-21-16)18-8-14(9-18)20-10-13-6-3-5-12-4-1-2-7-15(12)13/h1-7,14,16H,8-11H2. The Morgan fingerprint density at radius 2 is 1.95 bits per heavy atom. The van der Waals surface area contributed by atoms with Gasteiger partial charge < -0.3 is 14.4 Å². The molecule has 4 nitrogen and oxygen atoms in total. The molecule has 0 saturated carbocycles. The van der Waals surface area contributed by atoms with Gasteiger partial charge in [0.05, 0.1) is 19.3 Å². The number of amides is 1. The summed E-state index contributed by atoms with van der Waals surface area (Å²) in [6.45, 7) is 2.54. The van der Waals surface area contributed by atoms with Crippen LogP contribution in [0.2, 0.25) is 0 Å². The van der Waals surface area contributed by atoms with E-state index in [0.717, 1.165) is 0 Å². The van der Waals surface area contributed by atoms with Gasteiger partial charge in [-0.05, 0) is 16.3 Å². The highest BCUT2D eigenvalue weighted by Crippen LogP contribution is 2.23. The van der Waals surface area contributed by atoms with Crippen LogP contribution >= 0.6 is 0 Å². The molecule has 0 N–H and O–H groups in total. The summed E-state index contributed by atoms with van der Waals surface area (Å²) in [5.74, 6) is 0.111. The van der Waals surface area contributed by atoms with Gasteiger partial charge in [0.15, 0.2) is 6.10 Å². The number of epoxide rings is 1. The van der Waals surface area contributed by atoms with Crippen molar-refractivity contribution in [1.29, 1.82) is 0 Å². The maximum atomic E-state index is 11.7. The summed E-state index contributed by atoms with van der Waals surface area (Å²) < 4.78 is 10.9. The van der Waals surface area contributed by atoms with Crippen LogP contribution in [0.1, 0.15) is 5.56 Å². The molecule has 0 aliphatic carbocycles. The van der Waals surface area contributed by atoms with Crippen LogP contribution in [0.4, 0.5) is 0 Å².